The molecule has 0 bridgehead atoms. The monoisotopic (exact) mass is 302 g/mol. The minimum absolute atomic E-state index is 0.562. The van der Waals surface area contributed by atoms with Crippen LogP contribution in [0.5, 0.6) is 0 Å². The molecule has 112 valence electrons. The molecule has 3 rings (SSSR count). The van der Waals surface area contributed by atoms with Crippen molar-refractivity contribution in [1.82, 2.24) is 4.98 Å². The van der Waals surface area contributed by atoms with Gasteiger partial charge in [0.25, 0.3) is 0 Å². The first kappa shape index (κ1) is 14.6. The Morgan fingerprint density at radius 1 is 1.24 bits per heavy atom. The van der Waals surface area contributed by atoms with Crippen LogP contribution in [0.1, 0.15) is 45.4 Å². The zero-order chi connectivity index (χ0) is 14.7. The third kappa shape index (κ3) is 3.32. The summed E-state index contributed by atoms with van der Waals surface area (Å²) >= 11 is 6.07. The Morgan fingerprint density at radius 3 is 2.81 bits per heavy atom. The largest absolute Gasteiger partial charge is 0.381 e. The summed E-state index contributed by atoms with van der Waals surface area (Å²) in [7, 11) is 0. The predicted octanol–water partition coefficient (Wildman–Crippen LogP) is 5.66. The number of halogens is 1. The highest BCUT2D eigenvalue weighted by Crippen LogP contribution is 2.31. The van der Waals surface area contributed by atoms with Crippen LogP contribution < -0.4 is 5.32 Å². The summed E-state index contributed by atoms with van der Waals surface area (Å²) in [6.07, 6.45) is 9.94. The van der Waals surface area contributed by atoms with Gasteiger partial charge in [0.15, 0.2) is 0 Å². The summed E-state index contributed by atoms with van der Waals surface area (Å²) in [6.45, 7) is 2.28. The topological polar surface area (TPSA) is 24.9 Å². The van der Waals surface area contributed by atoms with E-state index in [1.807, 2.05) is 18.3 Å². The number of rotatable bonds is 4. The molecule has 1 saturated carbocycles. The van der Waals surface area contributed by atoms with Crippen molar-refractivity contribution in [2.24, 2.45) is 5.92 Å². The second-order valence-corrected chi connectivity index (χ2v) is 6.51. The Balaban J connectivity index is 1.85. The van der Waals surface area contributed by atoms with E-state index < -0.39 is 0 Å². The zero-order valence-electron chi connectivity index (χ0n) is 12.6. The molecule has 2 aromatic rings. The van der Waals surface area contributed by atoms with Crippen LogP contribution in [0.2, 0.25) is 5.02 Å². The highest BCUT2D eigenvalue weighted by Gasteiger charge is 2.22. The van der Waals surface area contributed by atoms with Crippen LogP contribution in [-0.4, -0.2) is 11.0 Å². The molecule has 21 heavy (non-hydrogen) atoms. The van der Waals surface area contributed by atoms with Crippen molar-refractivity contribution >= 4 is 28.2 Å². The standard InChI is InChI=1S/C18H23ClN2/c1-2-16(13-6-4-3-5-7-13)21-17-10-11-20-18-12-14(19)8-9-15(17)18/h8-13,16H,2-7H2,1H3,(H,20,21). The van der Waals surface area contributed by atoms with Crippen molar-refractivity contribution in [3.8, 4) is 0 Å². The van der Waals surface area contributed by atoms with Gasteiger partial charge in [-0.3, -0.25) is 4.98 Å². The molecule has 0 spiro atoms. The van der Waals surface area contributed by atoms with Crippen molar-refractivity contribution in [1.29, 1.82) is 0 Å². The molecule has 1 aliphatic rings. The van der Waals surface area contributed by atoms with Crippen LogP contribution >= 0.6 is 11.6 Å². The summed E-state index contributed by atoms with van der Waals surface area (Å²) in [4.78, 5) is 4.42. The predicted molar refractivity (Wildman–Crippen MR) is 91.0 cm³/mol. The molecule has 3 heteroatoms. The van der Waals surface area contributed by atoms with Crippen LogP contribution in [-0.2, 0) is 0 Å². The molecule has 1 fully saturated rings. The quantitative estimate of drug-likeness (QED) is 0.788. The van der Waals surface area contributed by atoms with E-state index in [9.17, 15) is 0 Å². The minimum atomic E-state index is 0.562. The van der Waals surface area contributed by atoms with Crippen LogP contribution in [0, 0.1) is 5.92 Å². The molecule has 0 aliphatic heterocycles. The molecule has 1 aliphatic carbocycles. The molecule has 0 amide bonds. The van der Waals surface area contributed by atoms with Gasteiger partial charge >= 0.3 is 0 Å². The number of benzene rings is 1. The van der Waals surface area contributed by atoms with E-state index in [-0.39, 0.29) is 0 Å². The van der Waals surface area contributed by atoms with Crippen LogP contribution in [0.3, 0.4) is 0 Å². The average molecular weight is 303 g/mol. The van der Waals surface area contributed by atoms with E-state index >= 15 is 0 Å². The van der Waals surface area contributed by atoms with E-state index in [1.165, 1.54) is 44.2 Å². The molecule has 0 radical (unpaired) electrons. The number of nitrogens with zero attached hydrogens (tertiary/aromatic N) is 1. The molecule has 1 atom stereocenters. The first-order valence-corrected chi connectivity index (χ1v) is 8.46. The normalized spacial score (nSPS) is 17.8. The van der Waals surface area contributed by atoms with E-state index in [0.29, 0.717) is 6.04 Å². The maximum Gasteiger partial charge on any atom is 0.0737 e. The maximum absolute atomic E-state index is 6.07. The van der Waals surface area contributed by atoms with Crippen molar-refractivity contribution < 1.29 is 0 Å². The number of hydrogen-bond acceptors (Lipinski definition) is 2. The lowest BCUT2D eigenvalue weighted by Crippen LogP contribution is -2.30. The lowest BCUT2D eigenvalue weighted by atomic mass is 9.83. The fourth-order valence-corrected chi connectivity index (χ4v) is 3.70. The van der Waals surface area contributed by atoms with Gasteiger partial charge in [-0.1, -0.05) is 37.8 Å². The molecule has 1 N–H and O–H groups in total. The third-order valence-corrected chi connectivity index (χ3v) is 4.94. The van der Waals surface area contributed by atoms with Crippen LogP contribution in [0.4, 0.5) is 5.69 Å². The van der Waals surface area contributed by atoms with Crippen molar-refractivity contribution in [3.05, 3.63) is 35.5 Å². The van der Waals surface area contributed by atoms with E-state index in [0.717, 1.165) is 21.8 Å². The first-order chi connectivity index (χ1) is 10.3. The fourth-order valence-electron chi connectivity index (χ4n) is 3.54. The number of aromatic nitrogens is 1. The van der Waals surface area contributed by atoms with Gasteiger partial charge in [-0.2, -0.15) is 0 Å². The van der Waals surface area contributed by atoms with Gasteiger partial charge in [0.1, 0.15) is 0 Å². The average Bonchev–Trinajstić information content (AvgIpc) is 2.53. The van der Waals surface area contributed by atoms with Gasteiger partial charge < -0.3 is 5.32 Å². The zero-order valence-corrected chi connectivity index (χ0v) is 13.4. The van der Waals surface area contributed by atoms with Crippen molar-refractivity contribution in [3.63, 3.8) is 0 Å². The molecular weight excluding hydrogens is 280 g/mol. The molecule has 1 heterocycles. The molecule has 1 unspecified atom stereocenters. The lowest BCUT2D eigenvalue weighted by Gasteiger charge is -2.31. The summed E-state index contributed by atoms with van der Waals surface area (Å²) in [6, 6.07) is 8.59. The van der Waals surface area contributed by atoms with Crippen molar-refractivity contribution in [2.45, 2.75) is 51.5 Å². The number of pyridine rings is 1. The molecular formula is C18H23ClN2. The Bertz CT molecular complexity index is 605. The summed E-state index contributed by atoms with van der Waals surface area (Å²) in [5.41, 5.74) is 2.15. The fraction of sp³-hybridized carbons (Fsp3) is 0.500. The number of fused-ring (bicyclic) bond motifs is 1. The summed E-state index contributed by atoms with van der Waals surface area (Å²) in [5.74, 6) is 0.805. The number of anilines is 1. The van der Waals surface area contributed by atoms with Gasteiger partial charge in [-0.15, -0.1) is 0 Å². The van der Waals surface area contributed by atoms with Gasteiger partial charge in [-0.05, 0) is 49.4 Å². The number of hydrogen-bond donors (Lipinski definition) is 1. The van der Waals surface area contributed by atoms with Gasteiger partial charge in [0.2, 0.25) is 0 Å². The van der Waals surface area contributed by atoms with Gasteiger partial charge in [-0.25, -0.2) is 0 Å². The summed E-state index contributed by atoms with van der Waals surface area (Å²) in [5, 5.41) is 5.68. The molecule has 0 saturated heterocycles. The third-order valence-electron chi connectivity index (χ3n) is 4.70. The Morgan fingerprint density at radius 2 is 2.05 bits per heavy atom. The minimum Gasteiger partial charge on any atom is -0.381 e. The highest BCUT2D eigenvalue weighted by molar-refractivity contribution is 6.31. The van der Waals surface area contributed by atoms with E-state index in [2.05, 4.69) is 29.4 Å². The molecule has 1 aromatic carbocycles. The number of nitrogens with one attached hydrogen (secondary N) is 1. The van der Waals surface area contributed by atoms with Crippen LogP contribution in [0.15, 0.2) is 30.5 Å². The second-order valence-electron chi connectivity index (χ2n) is 6.08. The lowest BCUT2D eigenvalue weighted by molar-refractivity contribution is 0.313. The molecule has 1 aromatic heterocycles. The Labute approximate surface area is 131 Å². The van der Waals surface area contributed by atoms with Gasteiger partial charge in [0.05, 0.1) is 5.52 Å². The Kier molecular flexibility index (Phi) is 4.64. The van der Waals surface area contributed by atoms with E-state index in [1.54, 1.807) is 0 Å². The van der Waals surface area contributed by atoms with E-state index in [4.69, 9.17) is 11.6 Å². The molecule has 2 nitrogen and oxygen atoms in total. The second kappa shape index (κ2) is 6.65. The maximum atomic E-state index is 6.07. The van der Waals surface area contributed by atoms with Crippen LogP contribution in [0.25, 0.3) is 10.9 Å². The first-order valence-electron chi connectivity index (χ1n) is 8.08. The summed E-state index contributed by atoms with van der Waals surface area (Å²) < 4.78 is 0. The Hall–Kier alpha value is -1.28. The van der Waals surface area contributed by atoms with Crippen molar-refractivity contribution in [2.75, 3.05) is 5.32 Å². The smallest absolute Gasteiger partial charge is 0.0737 e. The SMILES string of the molecule is CCC(Nc1ccnc2cc(Cl)ccc12)C1CCCCC1. The van der Waals surface area contributed by atoms with Gasteiger partial charge in [0, 0.05) is 28.3 Å². The highest BCUT2D eigenvalue weighted by atomic mass is 35.5.